The molecular weight excluding hydrogens is 278 g/mol. The van der Waals surface area contributed by atoms with Crippen LogP contribution in [-0.2, 0) is 19.5 Å². The molecule has 1 rings (SSSR count). The van der Waals surface area contributed by atoms with Crippen molar-refractivity contribution in [3.63, 3.8) is 0 Å². The molecule has 0 amide bonds. The molecule has 0 saturated carbocycles. The Bertz CT molecular complexity index is 304. The molecule has 1 heterocycles. The van der Waals surface area contributed by atoms with E-state index in [9.17, 15) is 8.42 Å². The number of nitrogens with one attached hydrogen (secondary N) is 1. The van der Waals surface area contributed by atoms with Gasteiger partial charge in [0, 0.05) is 25.6 Å². The zero-order valence-corrected chi connectivity index (χ0v) is 12.1. The van der Waals surface area contributed by atoms with Crippen LogP contribution in [0.15, 0.2) is 0 Å². The molecule has 0 aromatic carbocycles. The summed E-state index contributed by atoms with van der Waals surface area (Å²) >= 11 is 5.45. The second-order valence-corrected chi connectivity index (χ2v) is 6.62. The van der Waals surface area contributed by atoms with E-state index in [1.807, 2.05) is 0 Å². The van der Waals surface area contributed by atoms with Gasteiger partial charge in [-0.05, 0) is 25.7 Å². The summed E-state index contributed by atoms with van der Waals surface area (Å²) in [5.41, 5.74) is 0. The van der Waals surface area contributed by atoms with Crippen LogP contribution in [0.3, 0.4) is 0 Å². The van der Waals surface area contributed by atoms with Crippen molar-refractivity contribution in [1.82, 2.24) is 4.72 Å². The Morgan fingerprint density at radius 3 is 2.89 bits per heavy atom. The van der Waals surface area contributed by atoms with Gasteiger partial charge >= 0.3 is 0 Å². The SMILES string of the molecule is O=S(=O)(CCCCl)NCCCOCC1CCCO1. The van der Waals surface area contributed by atoms with Crippen molar-refractivity contribution in [2.75, 3.05) is 38.0 Å². The maximum atomic E-state index is 11.4. The van der Waals surface area contributed by atoms with Crippen LogP contribution in [0.4, 0.5) is 0 Å². The Morgan fingerprint density at radius 2 is 2.22 bits per heavy atom. The maximum Gasteiger partial charge on any atom is 0.211 e. The van der Waals surface area contributed by atoms with Crippen LogP contribution in [0.25, 0.3) is 0 Å². The van der Waals surface area contributed by atoms with Crippen LogP contribution in [0.1, 0.15) is 25.7 Å². The Balaban J connectivity index is 1.94. The van der Waals surface area contributed by atoms with Crippen LogP contribution >= 0.6 is 11.6 Å². The quantitative estimate of drug-likeness (QED) is 0.485. The fourth-order valence-corrected chi connectivity index (χ4v) is 3.13. The Hall–Kier alpha value is 0.120. The predicted molar refractivity (Wildman–Crippen MR) is 71.5 cm³/mol. The minimum atomic E-state index is -3.16. The summed E-state index contributed by atoms with van der Waals surface area (Å²) in [5, 5.41) is 0. The van der Waals surface area contributed by atoms with Crippen molar-refractivity contribution in [3.05, 3.63) is 0 Å². The monoisotopic (exact) mass is 299 g/mol. The van der Waals surface area contributed by atoms with Gasteiger partial charge in [-0.2, -0.15) is 0 Å². The van der Waals surface area contributed by atoms with Crippen LogP contribution in [0.5, 0.6) is 0 Å². The second kappa shape index (κ2) is 9.09. The zero-order chi connectivity index (χ0) is 13.3. The van der Waals surface area contributed by atoms with Gasteiger partial charge in [-0.1, -0.05) is 0 Å². The number of ether oxygens (including phenoxy) is 2. The predicted octanol–water partition coefficient (Wildman–Crippen LogP) is 1.12. The number of hydrogen-bond donors (Lipinski definition) is 1. The number of hydrogen-bond acceptors (Lipinski definition) is 4. The van der Waals surface area contributed by atoms with Gasteiger partial charge in [-0.3, -0.25) is 0 Å². The summed E-state index contributed by atoms with van der Waals surface area (Å²) in [6, 6.07) is 0. The molecule has 1 unspecified atom stereocenters. The summed E-state index contributed by atoms with van der Waals surface area (Å²) in [5.74, 6) is 0.457. The molecule has 5 nitrogen and oxygen atoms in total. The molecule has 0 bridgehead atoms. The molecule has 1 N–H and O–H groups in total. The van der Waals surface area contributed by atoms with Crippen molar-refractivity contribution in [1.29, 1.82) is 0 Å². The summed E-state index contributed by atoms with van der Waals surface area (Å²) < 4.78 is 36.2. The fourth-order valence-electron chi connectivity index (χ4n) is 1.71. The van der Waals surface area contributed by atoms with E-state index in [-0.39, 0.29) is 11.9 Å². The molecular formula is C11H22ClNO4S. The van der Waals surface area contributed by atoms with Gasteiger partial charge in [0.25, 0.3) is 0 Å². The highest BCUT2D eigenvalue weighted by molar-refractivity contribution is 7.89. The largest absolute Gasteiger partial charge is 0.379 e. The smallest absolute Gasteiger partial charge is 0.211 e. The number of sulfonamides is 1. The molecule has 0 aromatic rings. The van der Waals surface area contributed by atoms with Gasteiger partial charge in [-0.15, -0.1) is 11.6 Å². The van der Waals surface area contributed by atoms with Gasteiger partial charge in [-0.25, -0.2) is 13.1 Å². The van der Waals surface area contributed by atoms with E-state index < -0.39 is 10.0 Å². The average Bonchev–Trinajstić information content (AvgIpc) is 2.84. The lowest BCUT2D eigenvalue weighted by molar-refractivity contribution is 0.0169. The topological polar surface area (TPSA) is 64.6 Å². The van der Waals surface area contributed by atoms with E-state index in [0.29, 0.717) is 38.5 Å². The lowest BCUT2D eigenvalue weighted by atomic mass is 10.2. The van der Waals surface area contributed by atoms with Gasteiger partial charge in [0.15, 0.2) is 0 Å². The summed E-state index contributed by atoms with van der Waals surface area (Å²) in [4.78, 5) is 0. The van der Waals surface area contributed by atoms with E-state index in [2.05, 4.69) is 4.72 Å². The van der Waals surface area contributed by atoms with E-state index in [0.717, 1.165) is 19.4 Å². The molecule has 18 heavy (non-hydrogen) atoms. The Labute approximate surface area is 114 Å². The Morgan fingerprint density at radius 1 is 1.39 bits per heavy atom. The van der Waals surface area contributed by atoms with Crippen molar-refractivity contribution >= 4 is 21.6 Å². The first-order chi connectivity index (χ1) is 8.64. The molecule has 0 spiro atoms. The van der Waals surface area contributed by atoms with E-state index in [1.165, 1.54) is 0 Å². The van der Waals surface area contributed by atoms with Gasteiger partial charge in [0.05, 0.1) is 18.5 Å². The minimum absolute atomic E-state index is 0.0905. The first kappa shape index (κ1) is 16.2. The third-order valence-corrected chi connectivity index (χ3v) is 4.40. The molecule has 7 heteroatoms. The third kappa shape index (κ3) is 7.53. The maximum absolute atomic E-state index is 11.4. The van der Waals surface area contributed by atoms with E-state index in [1.54, 1.807) is 0 Å². The van der Waals surface area contributed by atoms with Crippen molar-refractivity contribution in [3.8, 4) is 0 Å². The molecule has 0 aromatic heterocycles. The zero-order valence-electron chi connectivity index (χ0n) is 10.6. The van der Waals surface area contributed by atoms with Gasteiger partial charge in [0.1, 0.15) is 0 Å². The third-order valence-electron chi connectivity index (χ3n) is 2.66. The normalized spacial score (nSPS) is 20.4. The highest BCUT2D eigenvalue weighted by Gasteiger charge is 2.15. The number of halogens is 1. The highest BCUT2D eigenvalue weighted by atomic mass is 35.5. The fraction of sp³-hybridized carbons (Fsp3) is 1.00. The molecule has 1 aliphatic heterocycles. The Kier molecular flexibility index (Phi) is 8.17. The standard InChI is InChI=1S/C11H22ClNO4S/c12-5-2-9-18(14,15)13-6-3-7-16-10-11-4-1-8-17-11/h11,13H,1-10H2. The van der Waals surface area contributed by atoms with Gasteiger partial charge < -0.3 is 9.47 Å². The lowest BCUT2D eigenvalue weighted by Crippen LogP contribution is -2.28. The number of rotatable bonds is 10. The lowest BCUT2D eigenvalue weighted by Gasteiger charge is -2.10. The molecule has 1 saturated heterocycles. The first-order valence-corrected chi connectivity index (χ1v) is 8.55. The van der Waals surface area contributed by atoms with E-state index in [4.69, 9.17) is 21.1 Å². The van der Waals surface area contributed by atoms with Gasteiger partial charge in [0.2, 0.25) is 10.0 Å². The average molecular weight is 300 g/mol. The first-order valence-electron chi connectivity index (χ1n) is 6.37. The van der Waals surface area contributed by atoms with Crippen LogP contribution in [-0.4, -0.2) is 52.5 Å². The molecule has 0 radical (unpaired) electrons. The molecule has 1 fully saturated rings. The molecule has 1 atom stereocenters. The summed E-state index contributed by atoms with van der Waals surface area (Å²) in [6.45, 7) is 2.40. The van der Waals surface area contributed by atoms with Crippen molar-refractivity contribution in [2.24, 2.45) is 0 Å². The highest BCUT2D eigenvalue weighted by Crippen LogP contribution is 2.11. The van der Waals surface area contributed by atoms with Crippen LogP contribution < -0.4 is 4.72 Å². The second-order valence-electron chi connectivity index (χ2n) is 4.32. The van der Waals surface area contributed by atoms with E-state index >= 15 is 0 Å². The minimum Gasteiger partial charge on any atom is -0.379 e. The van der Waals surface area contributed by atoms with Crippen LogP contribution in [0.2, 0.25) is 0 Å². The molecule has 1 aliphatic rings. The van der Waals surface area contributed by atoms with Crippen molar-refractivity contribution in [2.45, 2.75) is 31.8 Å². The molecule has 0 aliphatic carbocycles. The summed E-state index contributed by atoms with van der Waals surface area (Å²) in [7, 11) is -3.16. The number of alkyl halides is 1. The summed E-state index contributed by atoms with van der Waals surface area (Å²) in [6.07, 6.45) is 3.55. The van der Waals surface area contributed by atoms with Crippen LogP contribution in [0, 0.1) is 0 Å². The molecule has 108 valence electrons. The van der Waals surface area contributed by atoms with Crippen molar-refractivity contribution < 1.29 is 17.9 Å².